The maximum atomic E-state index is 14.0. The lowest BCUT2D eigenvalue weighted by Crippen LogP contribution is -2.40. The number of carbonyl (C=O) groups is 2. The molecule has 4 aromatic carbocycles. The highest BCUT2D eigenvalue weighted by Crippen LogP contribution is 2.47. The Hall–Kier alpha value is -4.99. The molecule has 0 bridgehead atoms. The van der Waals surface area contributed by atoms with Crippen molar-refractivity contribution in [2.45, 2.75) is 191 Å². The number of aryl methyl sites for hydroxylation is 2. The molecule has 3 unspecified atom stereocenters. The number of rotatable bonds is 18. The zero-order valence-electron chi connectivity index (χ0n) is 43.5. The SMILES string of the molecule is Cc1ccc(C(CC(=O)NC2CCC(OP(N)(=O)OC3CCC(NC(=O)CC(c4cccc(C)c4)c4cn(CC5CCCCC5)c5ccccc45)CC3)CC2)c2cn(CC3CCCCC3)c3ccccc23)cc1. The molecule has 3 atom stereocenters. The van der Waals surface area contributed by atoms with Crippen LogP contribution in [0.25, 0.3) is 21.8 Å². The Morgan fingerprint density at radius 1 is 0.548 bits per heavy atom. The molecule has 0 radical (unpaired) electrons. The summed E-state index contributed by atoms with van der Waals surface area (Å²) in [5.41, 5.74) is 15.9. The van der Waals surface area contributed by atoms with E-state index in [1.54, 1.807) is 0 Å². The molecule has 2 aromatic heterocycles. The first-order valence-corrected chi connectivity index (χ1v) is 29.7. The molecule has 6 aromatic rings. The van der Waals surface area contributed by atoms with E-state index in [9.17, 15) is 14.2 Å². The molecule has 4 aliphatic carbocycles. The number of nitrogens with two attached hydrogens (primary N) is 1. The van der Waals surface area contributed by atoms with Crippen molar-refractivity contribution in [3.05, 3.63) is 143 Å². The summed E-state index contributed by atoms with van der Waals surface area (Å²) in [4.78, 5) is 28.1. The molecule has 0 aliphatic heterocycles. The lowest BCUT2D eigenvalue weighted by molar-refractivity contribution is -0.123. The zero-order valence-corrected chi connectivity index (χ0v) is 44.4. The van der Waals surface area contributed by atoms with Gasteiger partial charge in [-0.25, -0.2) is 10.1 Å². The number of hydrogen-bond donors (Lipinski definition) is 3. The first-order valence-electron chi connectivity index (χ1n) is 28.1. The van der Waals surface area contributed by atoms with Crippen LogP contribution in [-0.4, -0.2) is 45.2 Å². The number of para-hydroxylation sites is 2. The molecular weight excluding hydrogens is 926 g/mol. The molecule has 2 amide bonds. The molecule has 4 N–H and O–H groups in total. The van der Waals surface area contributed by atoms with Crippen LogP contribution in [0, 0.1) is 25.7 Å². The highest BCUT2D eigenvalue weighted by molar-refractivity contribution is 7.51. The Labute approximate surface area is 434 Å². The summed E-state index contributed by atoms with van der Waals surface area (Å²) in [6.45, 7) is 6.26. The molecule has 10 nitrogen and oxygen atoms in total. The van der Waals surface area contributed by atoms with Crippen molar-refractivity contribution in [3.8, 4) is 0 Å². The van der Waals surface area contributed by atoms with Crippen LogP contribution < -0.4 is 16.1 Å². The fourth-order valence-electron chi connectivity index (χ4n) is 13.2. The van der Waals surface area contributed by atoms with E-state index in [1.165, 1.54) is 108 Å². The summed E-state index contributed by atoms with van der Waals surface area (Å²) in [6.07, 6.45) is 23.2. The number of carbonyl (C=O) groups excluding carboxylic acids is 2. The third-order valence-electron chi connectivity index (χ3n) is 17.1. The number of aromatic nitrogens is 2. The third kappa shape index (κ3) is 13.1. The molecule has 0 saturated heterocycles. The first-order chi connectivity index (χ1) is 35.5. The second-order valence-corrected chi connectivity index (χ2v) is 24.2. The van der Waals surface area contributed by atoms with Gasteiger partial charge in [0, 0.05) is 84.1 Å². The van der Waals surface area contributed by atoms with Crippen LogP contribution in [0.1, 0.15) is 174 Å². The largest absolute Gasteiger partial charge is 0.403 e. The van der Waals surface area contributed by atoms with Crippen molar-refractivity contribution in [1.29, 1.82) is 0 Å². The van der Waals surface area contributed by atoms with Gasteiger partial charge >= 0.3 is 7.75 Å². The van der Waals surface area contributed by atoms with Gasteiger partial charge in [-0.2, -0.15) is 0 Å². The highest BCUT2D eigenvalue weighted by Gasteiger charge is 2.35. The van der Waals surface area contributed by atoms with Crippen LogP contribution in [0.3, 0.4) is 0 Å². The van der Waals surface area contributed by atoms with Crippen molar-refractivity contribution in [2.24, 2.45) is 17.3 Å². The summed E-state index contributed by atoms with van der Waals surface area (Å²) in [7, 11) is -3.85. The van der Waals surface area contributed by atoms with E-state index in [0.717, 1.165) is 24.2 Å². The van der Waals surface area contributed by atoms with Crippen LogP contribution in [-0.2, 0) is 36.3 Å². The summed E-state index contributed by atoms with van der Waals surface area (Å²) < 4.78 is 30.7. The average Bonchev–Trinajstić information content (AvgIpc) is 3.94. The van der Waals surface area contributed by atoms with Gasteiger partial charge in [-0.1, -0.05) is 135 Å². The molecule has 4 fully saturated rings. The van der Waals surface area contributed by atoms with E-state index in [0.29, 0.717) is 76.0 Å². The topological polar surface area (TPSA) is 130 Å². The maximum absolute atomic E-state index is 14.0. The number of hydrogen-bond acceptors (Lipinski definition) is 5. The minimum Gasteiger partial charge on any atom is -0.353 e. The normalized spacial score (nSPS) is 22.9. The Bertz CT molecular complexity index is 2840. The number of nitrogens with one attached hydrogen (secondary N) is 2. The lowest BCUT2D eigenvalue weighted by Gasteiger charge is -2.33. The van der Waals surface area contributed by atoms with Gasteiger partial charge in [-0.15, -0.1) is 0 Å². The standard InChI is InChI=1S/C62H80N5O5P/c1-43-24-26-47(27-25-43)55(57-41-66(39-45-15-5-3-6-16-45)59-22-11-9-20-53(57)59)37-61(68)64-49-28-32-51(33-29-49)71-73(63,70)72-52-34-30-50(31-35-52)65-62(69)38-56(48-19-13-14-44(2)36-48)58-42-67(40-46-17-7-4-8-18-46)60-23-12-10-21-54(58)60/h9-14,19-27,36,41-42,45-46,49-52,55-56H,3-8,15-18,28-35,37-40H2,1-2H3,(H2,63,70)(H,64,68)(H,65,69). The van der Waals surface area contributed by atoms with Gasteiger partial charge in [-0.05, 0) is 137 Å². The maximum Gasteiger partial charge on any atom is 0.403 e. The Kier molecular flexibility index (Phi) is 16.7. The monoisotopic (exact) mass is 1010 g/mol. The van der Waals surface area contributed by atoms with Gasteiger partial charge in [0.05, 0.1) is 12.2 Å². The Morgan fingerprint density at radius 2 is 1.00 bits per heavy atom. The van der Waals surface area contributed by atoms with E-state index in [-0.39, 0.29) is 47.9 Å². The molecule has 4 saturated carbocycles. The van der Waals surface area contributed by atoms with E-state index in [2.05, 4.69) is 143 Å². The molecule has 4 aliphatic rings. The average molecular weight is 1010 g/mol. The van der Waals surface area contributed by atoms with Crippen LogP contribution in [0.15, 0.2) is 109 Å². The number of fused-ring (bicyclic) bond motifs is 2. The summed E-state index contributed by atoms with van der Waals surface area (Å²) in [5.74, 6) is 1.29. The smallest absolute Gasteiger partial charge is 0.353 e. The minimum atomic E-state index is -3.85. The Morgan fingerprint density at radius 3 is 1.47 bits per heavy atom. The zero-order chi connectivity index (χ0) is 50.3. The molecule has 11 heteroatoms. The van der Waals surface area contributed by atoms with Gasteiger partial charge in [-0.3, -0.25) is 18.6 Å². The lowest BCUT2D eigenvalue weighted by atomic mass is 9.86. The summed E-state index contributed by atoms with van der Waals surface area (Å²) in [5, 5.41) is 9.20. The van der Waals surface area contributed by atoms with E-state index >= 15 is 0 Å². The molecule has 10 rings (SSSR count). The van der Waals surface area contributed by atoms with Gasteiger partial charge in [0.25, 0.3) is 0 Å². The van der Waals surface area contributed by atoms with Crippen molar-refractivity contribution < 1.29 is 23.2 Å². The van der Waals surface area contributed by atoms with Crippen molar-refractivity contribution in [2.75, 3.05) is 0 Å². The second-order valence-electron chi connectivity index (χ2n) is 22.7. The fraction of sp³-hybridized carbons (Fsp3) is 0.516. The molecule has 388 valence electrons. The summed E-state index contributed by atoms with van der Waals surface area (Å²) >= 11 is 0. The van der Waals surface area contributed by atoms with E-state index in [1.807, 2.05) is 0 Å². The van der Waals surface area contributed by atoms with Crippen molar-refractivity contribution in [3.63, 3.8) is 0 Å². The molecular formula is C62H80N5O5P. The van der Waals surface area contributed by atoms with Crippen LogP contribution >= 0.6 is 7.75 Å². The summed E-state index contributed by atoms with van der Waals surface area (Å²) in [6, 6.07) is 34.7. The molecule has 73 heavy (non-hydrogen) atoms. The van der Waals surface area contributed by atoms with Gasteiger partial charge < -0.3 is 19.8 Å². The number of nitrogens with zero attached hydrogens (tertiary/aromatic N) is 2. The second kappa shape index (κ2) is 23.7. The number of benzene rings is 4. The quantitative estimate of drug-likeness (QED) is 0.0736. The van der Waals surface area contributed by atoms with Gasteiger partial charge in [0.15, 0.2) is 0 Å². The van der Waals surface area contributed by atoms with Crippen LogP contribution in [0.4, 0.5) is 0 Å². The van der Waals surface area contributed by atoms with Crippen molar-refractivity contribution in [1.82, 2.24) is 19.8 Å². The fourth-order valence-corrected chi connectivity index (χ4v) is 14.5. The molecule has 0 spiro atoms. The predicted octanol–water partition coefficient (Wildman–Crippen LogP) is 14.1. The van der Waals surface area contributed by atoms with E-state index in [4.69, 9.17) is 14.6 Å². The highest BCUT2D eigenvalue weighted by atomic mass is 31.2. The van der Waals surface area contributed by atoms with E-state index < -0.39 is 7.75 Å². The predicted molar refractivity (Wildman–Crippen MR) is 295 cm³/mol. The van der Waals surface area contributed by atoms with Crippen molar-refractivity contribution >= 4 is 41.4 Å². The minimum absolute atomic E-state index is 0.000484. The van der Waals surface area contributed by atoms with Gasteiger partial charge in [0.1, 0.15) is 0 Å². The van der Waals surface area contributed by atoms with Gasteiger partial charge in [0.2, 0.25) is 11.8 Å². The third-order valence-corrected chi connectivity index (χ3v) is 18.3. The Balaban J connectivity index is 0.705. The number of amides is 2. The molecule has 2 heterocycles. The van der Waals surface area contributed by atoms with Crippen LogP contribution in [0.5, 0.6) is 0 Å². The first kappa shape index (κ1) is 51.5. The van der Waals surface area contributed by atoms with Crippen LogP contribution in [0.2, 0.25) is 0 Å².